The molecule has 0 spiro atoms. The van der Waals surface area contributed by atoms with Crippen LogP contribution in [0, 0.1) is 0 Å². The number of alkyl halides is 3. The van der Waals surface area contributed by atoms with Gasteiger partial charge in [0.25, 0.3) is 0 Å². The quantitative estimate of drug-likeness (QED) is 0.492. The molecule has 2 aromatic heterocycles. The molecule has 5 nitrogen and oxygen atoms in total. The average molecular weight is 358 g/mol. The summed E-state index contributed by atoms with van der Waals surface area (Å²) in [4.78, 5) is 18.4. The highest BCUT2D eigenvalue weighted by Crippen LogP contribution is 2.33. The Bertz CT molecular complexity index is 1190. The van der Waals surface area contributed by atoms with Crippen LogP contribution in [-0.4, -0.2) is 9.97 Å². The van der Waals surface area contributed by atoms with Gasteiger partial charge in [0.2, 0.25) is 11.7 Å². The minimum Gasteiger partial charge on any atom is -0.438 e. The van der Waals surface area contributed by atoms with Crippen LogP contribution >= 0.6 is 0 Å². The predicted molar refractivity (Wildman–Crippen MR) is 87.1 cm³/mol. The Morgan fingerprint density at radius 3 is 2.54 bits per heavy atom. The monoisotopic (exact) mass is 358 g/mol. The Kier molecular flexibility index (Phi) is 3.61. The Morgan fingerprint density at radius 1 is 0.962 bits per heavy atom. The summed E-state index contributed by atoms with van der Waals surface area (Å²) in [6.45, 7) is 0. The number of para-hydroxylation sites is 1. The van der Waals surface area contributed by atoms with Crippen LogP contribution in [0.4, 0.5) is 13.2 Å². The maximum Gasteiger partial charge on any atom is 0.451 e. The summed E-state index contributed by atoms with van der Waals surface area (Å²) >= 11 is 0. The van der Waals surface area contributed by atoms with Gasteiger partial charge in [-0.05, 0) is 30.3 Å². The standard InChI is InChI=1S/C18H9F3N2O3/c19-18(20,21)17-22-13-4-2-1-3-12(13)16(23-17)25-11-7-5-10-6-8-15(24)26-14(10)9-11/h1-9H. The van der Waals surface area contributed by atoms with Crippen molar-refractivity contribution >= 4 is 21.9 Å². The molecule has 4 aromatic rings. The summed E-state index contributed by atoms with van der Waals surface area (Å²) in [5.74, 6) is -1.34. The summed E-state index contributed by atoms with van der Waals surface area (Å²) in [5, 5.41) is 0.982. The number of halogens is 3. The van der Waals surface area contributed by atoms with E-state index in [4.69, 9.17) is 9.15 Å². The molecular weight excluding hydrogens is 349 g/mol. The van der Waals surface area contributed by atoms with E-state index in [0.717, 1.165) is 0 Å². The van der Waals surface area contributed by atoms with Gasteiger partial charge in [-0.2, -0.15) is 18.2 Å². The molecule has 0 aliphatic rings. The smallest absolute Gasteiger partial charge is 0.438 e. The number of aromatic nitrogens is 2. The summed E-state index contributed by atoms with van der Waals surface area (Å²) in [6, 6.07) is 13.7. The topological polar surface area (TPSA) is 65.2 Å². The van der Waals surface area contributed by atoms with E-state index < -0.39 is 17.6 Å². The summed E-state index contributed by atoms with van der Waals surface area (Å²) in [6.07, 6.45) is -4.71. The molecule has 0 radical (unpaired) electrons. The normalized spacial score (nSPS) is 11.8. The molecule has 0 atom stereocenters. The SMILES string of the molecule is O=c1ccc2ccc(Oc3nc(C(F)(F)F)nc4ccccc34)cc2o1. The second-order valence-electron chi connectivity index (χ2n) is 5.42. The fourth-order valence-electron chi connectivity index (χ4n) is 2.47. The van der Waals surface area contributed by atoms with Crippen molar-refractivity contribution in [2.75, 3.05) is 0 Å². The van der Waals surface area contributed by atoms with Crippen molar-refractivity contribution in [3.63, 3.8) is 0 Å². The van der Waals surface area contributed by atoms with E-state index in [1.54, 1.807) is 36.4 Å². The van der Waals surface area contributed by atoms with E-state index >= 15 is 0 Å². The Hall–Kier alpha value is -3.42. The summed E-state index contributed by atoms with van der Waals surface area (Å²) in [5.41, 5.74) is -0.178. The van der Waals surface area contributed by atoms with Crippen LogP contribution in [0.5, 0.6) is 11.6 Å². The third kappa shape index (κ3) is 2.97. The van der Waals surface area contributed by atoms with Crippen LogP contribution in [0.25, 0.3) is 21.9 Å². The van der Waals surface area contributed by atoms with E-state index in [-0.39, 0.29) is 22.7 Å². The molecule has 2 heterocycles. The largest absolute Gasteiger partial charge is 0.451 e. The van der Waals surface area contributed by atoms with Crippen molar-refractivity contribution in [1.29, 1.82) is 0 Å². The number of hydrogen-bond donors (Lipinski definition) is 0. The van der Waals surface area contributed by atoms with Crippen LogP contribution in [0.2, 0.25) is 0 Å². The van der Waals surface area contributed by atoms with Gasteiger partial charge in [0, 0.05) is 17.5 Å². The first kappa shape index (κ1) is 16.1. The third-order valence-electron chi connectivity index (χ3n) is 3.63. The Balaban J connectivity index is 1.85. The van der Waals surface area contributed by atoms with Crippen molar-refractivity contribution in [2.24, 2.45) is 0 Å². The molecule has 130 valence electrons. The second kappa shape index (κ2) is 5.83. The first-order valence-corrected chi connectivity index (χ1v) is 7.46. The van der Waals surface area contributed by atoms with Crippen molar-refractivity contribution < 1.29 is 22.3 Å². The van der Waals surface area contributed by atoms with Gasteiger partial charge in [-0.15, -0.1) is 0 Å². The highest BCUT2D eigenvalue weighted by Gasteiger charge is 2.35. The molecule has 0 bridgehead atoms. The van der Waals surface area contributed by atoms with Gasteiger partial charge in [0.15, 0.2) is 0 Å². The first-order chi connectivity index (χ1) is 12.4. The zero-order valence-corrected chi connectivity index (χ0v) is 12.9. The number of nitrogens with zero attached hydrogens (tertiary/aromatic N) is 2. The highest BCUT2D eigenvalue weighted by atomic mass is 19.4. The molecule has 0 N–H and O–H groups in total. The van der Waals surface area contributed by atoms with Gasteiger partial charge >= 0.3 is 11.8 Å². The zero-order valence-electron chi connectivity index (χ0n) is 12.9. The molecule has 4 rings (SSSR count). The number of benzene rings is 2. The van der Waals surface area contributed by atoms with Crippen molar-refractivity contribution in [1.82, 2.24) is 9.97 Å². The van der Waals surface area contributed by atoms with Crippen LogP contribution in [0.15, 0.2) is 63.8 Å². The Morgan fingerprint density at radius 2 is 1.73 bits per heavy atom. The van der Waals surface area contributed by atoms with E-state index in [0.29, 0.717) is 10.8 Å². The number of fused-ring (bicyclic) bond motifs is 2. The summed E-state index contributed by atoms with van der Waals surface area (Å²) < 4.78 is 49.8. The molecule has 0 unspecified atom stereocenters. The van der Waals surface area contributed by atoms with E-state index in [2.05, 4.69) is 9.97 Å². The molecule has 2 aromatic carbocycles. The minimum absolute atomic E-state index is 0.108. The lowest BCUT2D eigenvalue weighted by Crippen LogP contribution is -2.11. The maximum absolute atomic E-state index is 13.1. The lowest BCUT2D eigenvalue weighted by Gasteiger charge is -2.11. The maximum atomic E-state index is 13.1. The fourth-order valence-corrected chi connectivity index (χ4v) is 2.47. The van der Waals surface area contributed by atoms with Crippen molar-refractivity contribution in [3.8, 4) is 11.6 Å². The first-order valence-electron chi connectivity index (χ1n) is 7.46. The molecule has 26 heavy (non-hydrogen) atoms. The van der Waals surface area contributed by atoms with Gasteiger partial charge in [0.05, 0.1) is 10.9 Å². The van der Waals surface area contributed by atoms with Gasteiger partial charge in [-0.3, -0.25) is 0 Å². The van der Waals surface area contributed by atoms with Crippen molar-refractivity contribution in [2.45, 2.75) is 6.18 Å². The molecular formula is C18H9F3N2O3. The third-order valence-corrected chi connectivity index (χ3v) is 3.63. The predicted octanol–water partition coefficient (Wildman–Crippen LogP) is 4.55. The zero-order chi connectivity index (χ0) is 18.3. The number of rotatable bonds is 2. The van der Waals surface area contributed by atoms with Crippen molar-refractivity contribution in [3.05, 3.63) is 70.8 Å². The van der Waals surface area contributed by atoms with Gasteiger partial charge in [-0.1, -0.05) is 12.1 Å². The second-order valence-corrected chi connectivity index (χ2v) is 5.42. The molecule has 0 aliphatic carbocycles. The Labute approximate surface area is 143 Å². The molecule has 0 amide bonds. The average Bonchev–Trinajstić information content (AvgIpc) is 2.60. The lowest BCUT2D eigenvalue weighted by atomic mass is 10.2. The van der Waals surface area contributed by atoms with Crippen LogP contribution in [-0.2, 0) is 6.18 Å². The molecule has 0 aliphatic heterocycles. The van der Waals surface area contributed by atoms with E-state index in [1.807, 2.05) is 0 Å². The highest BCUT2D eigenvalue weighted by molar-refractivity contribution is 5.84. The lowest BCUT2D eigenvalue weighted by molar-refractivity contribution is -0.144. The van der Waals surface area contributed by atoms with Gasteiger partial charge in [-0.25, -0.2) is 9.78 Å². The van der Waals surface area contributed by atoms with Gasteiger partial charge < -0.3 is 9.15 Å². The molecule has 8 heteroatoms. The molecule has 0 fully saturated rings. The van der Waals surface area contributed by atoms with E-state index in [1.165, 1.54) is 18.2 Å². The molecule has 0 saturated heterocycles. The van der Waals surface area contributed by atoms with E-state index in [9.17, 15) is 18.0 Å². The fraction of sp³-hybridized carbons (Fsp3) is 0.0556. The number of ether oxygens (including phenoxy) is 1. The number of hydrogen-bond acceptors (Lipinski definition) is 5. The minimum atomic E-state index is -4.71. The summed E-state index contributed by atoms with van der Waals surface area (Å²) in [7, 11) is 0. The van der Waals surface area contributed by atoms with Crippen LogP contribution in [0.3, 0.4) is 0 Å². The van der Waals surface area contributed by atoms with Crippen LogP contribution in [0.1, 0.15) is 5.82 Å². The van der Waals surface area contributed by atoms with Gasteiger partial charge in [0.1, 0.15) is 11.3 Å². The molecule has 0 saturated carbocycles. The van der Waals surface area contributed by atoms with Crippen LogP contribution < -0.4 is 10.4 Å².